The molecule has 0 bridgehead atoms. The molecule has 318 valence electrons. The van der Waals surface area contributed by atoms with Crippen molar-refractivity contribution in [3.8, 4) is 11.1 Å². The van der Waals surface area contributed by atoms with Crippen LogP contribution < -0.4 is 0 Å². The summed E-state index contributed by atoms with van der Waals surface area (Å²) < 4.78 is 0. The largest absolute Gasteiger partial charge is 0.258 e. The summed E-state index contributed by atoms with van der Waals surface area (Å²) in [6.45, 7) is 4.37. The van der Waals surface area contributed by atoms with E-state index in [2.05, 4.69) is 226 Å². The number of rotatable bonds is 5. The standard InChI is InChI=1S/C65H48N2/c1-41-28-33-46(34-29-41)65(47-35-30-42(2)31-36-47)58-25-14-13-22-51(58)55-39-57-54(40-59(55)65)50-37-32-45(38-56(50)62-52-23-11-9-20-48(52)49-21-10-12-24-53(49)63(57)62)61-27-15-26-60(43-16-5-3-6-17-43)66-64(67-61)44-18-7-4-8-19-44/h3-14,16-25,28-40,60H,15,26-27H2,1-2H3. The highest BCUT2D eigenvalue weighted by molar-refractivity contribution is 6.40. The first-order valence-corrected chi connectivity index (χ1v) is 23.8. The van der Waals surface area contributed by atoms with Crippen molar-refractivity contribution < 1.29 is 0 Å². The smallest absolute Gasteiger partial charge is 0.155 e. The zero-order chi connectivity index (χ0) is 44.6. The molecule has 2 aliphatic rings. The lowest BCUT2D eigenvalue weighted by Gasteiger charge is -2.34. The minimum Gasteiger partial charge on any atom is -0.258 e. The van der Waals surface area contributed by atoms with Gasteiger partial charge in [-0.1, -0.05) is 205 Å². The Labute approximate surface area is 391 Å². The lowest BCUT2D eigenvalue weighted by Crippen LogP contribution is -2.28. The van der Waals surface area contributed by atoms with E-state index in [1.807, 2.05) is 0 Å². The third-order valence-corrected chi connectivity index (χ3v) is 14.9. The number of fused-ring (bicyclic) bond motifs is 14. The van der Waals surface area contributed by atoms with Crippen LogP contribution in [0.5, 0.6) is 0 Å². The molecular formula is C65H48N2. The molecule has 0 spiro atoms. The van der Waals surface area contributed by atoms with Crippen LogP contribution in [0.3, 0.4) is 0 Å². The van der Waals surface area contributed by atoms with E-state index >= 15 is 0 Å². The Bertz CT molecular complexity index is 3780. The molecule has 0 radical (unpaired) electrons. The highest BCUT2D eigenvalue weighted by atomic mass is 15.0. The Morgan fingerprint density at radius 2 is 0.970 bits per heavy atom. The summed E-state index contributed by atoms with van der Waals surface area (Å²) in [6.07, 6.45) is 2.80. The number of hydrogen-bond acceptors (Lipinski definition) is 2. The van der Waals surface area contributed by atoms with Crippen LogP contribution >= 0.6 is 0 Å². The number of amidine groups is 1. The molecular weight excluding hydrogens is 809 g/mol. The fourth-order valence-corrected chi connectivity index (χ4v) is 11.8. The van der Waals surface area contributed by atoms with Gasteiger partial charge < -0.3 is 0 Å². The van der Waals surface area contributed by atoms with Gasteiger partial charge in [0.1, 0.15) is 0 Å². The fraction of sp³-hybridized carbons (Fsp3) is 0.108. The number of aliphatic imine (C=N–C) groups is 2. The summed E-state index contributed by atoms with van der Waals surface area (Å²) in [7, 11) is 0. The Kier molecular flexibility index (Phi) is 9.18. The molecule has 0 fully saturated rings. The Morgan fingerprint density at radius 1 is 0.418 bits per heavy atom. The van der Waals surface area contributed by atoms with Gasteiger partial charge in [0.05, 0.1) is 17.2 Å². The first-order valence-electron chi connectivity index (χ1n) is 23.8. The summed E-state index contributed by atoms with van der Waals surface area (Å²) in [5.41, 5.74) is 14.3. The van der Waals surface area contributed by atoms with Gasteiger partial charge in [-0.05, 0) is 150 Å². The predicted octanol–water partition coefficient (Wildman–Crippen LogP) is 16.6. The lowest BCUT2D eigenvalue weighted by atomic mass is 9.67. The fourth-order valence-electron chi connectivity index (χ4n) is 11.8. The first kappa shape index (κ1) is 39.4. The van der Waals surface area contributed by atoms with Gasteiger partial charge in [0.2, 0.25) is 0 Å². The molecule has 0 amide bonds. The minimum atomic E-state index is -0.521. The van der Waals surface area contributed by atoms with Crippen LogP contribution in [0.1, 0.15) is 75.4 Å². The van der Waals surface area contributed by atoms with E-state index in [9.17, 15) is 0 Å². The van der Waals surface area contributed by atoms with Crippen LogP contribution in [0.2, 0.25) is 0 Å². The highest BCUT2D eigenvalue weighted by Gasteiger charge is 2.46. The maximum absolute atomic E-state index is 5.55. The van der Waals surface area contributed by atoms with Crippen molar-refractivity contribution in [2.45, 2.75) is 44.6 Å². The van der Waals surface area contributed by atoms with Gasteiger partial charge in [0.25, 0.3) is 0 Å². The first-order chi connectivity index (χ1) is 33.0. The molecule has 1 heterocycles. The topological polar surface area (TPSA) is 24.7 Å². The van der Waals surface area contributed by atoms with Gasteiger partial charge in [0, 0.05) is 5.56 Å². The van der Waals surface area contributed by atoms with E-state index in [1.165, 1.54) is 104 Å². The van der Waals surface area contributed by atoms with Crippen molar-refractivity contribution in [2.75, 3.05) is 0 Å². The van der Waals surface area contributed by atoms with E-state index in [-0.39, 0.29) is 6.04 Å². The highest BCUT2D eigenvalue weighted by Crippen LogP contribution is 2.58. The molecule has 67 heavy (non-hydrogen) atoms. The minimum absolute atomic E-state index is 0.0491. The van der Waals surface area contributed by atoms with Crippen molar-refractivity contribution in [2.24, 2.45) is 9.98 Å². The van der Waals surface area contributed by atoms with Crippen LogP contribution in [0.4, 0.5) is 0 Å². The van der Waals surface area contributed by atoms with E-state index in [0.717, 1.165) is 41.9 Å². The van der Waals surface area contributed by atoms with Crippen molar-refractivity contribution in [1.82, 2.24) is 0 Å². The SMILES string of the molecule is Cc1ccc(C2(c3ccc(C)cc3)c3ccccc3-c3cc4c(cc32)c2ccc(C3=NC(c5ccccc5)=NC(c5ccccc5)CCC3)cc2c2c3ccccc3c3ccccc3c42)cc1. The van der Waals surface area contributed by atoms with E-state index < -0.39 is 5.41 Å². The molecule has 1 atom stereocenters. The lowest BCUT2D eigenvalue weighted by molar-refractivity contribution is 0.622. The summed E-state index contributed by atoms with van der Waals surface area (Å²) in [5, 5.41) is 12.7. The van der Waals surface area contributed by atoms with E-state index in [4.69, 9.17) is 9.98 Å². The zero-order valence-corrected chi connectivity index (χ0v) is 37.8. The molecule has 2 nitrogen and oxygen atoms in total. The Balaban J connectivity index is 1.14. The second-order valence-corrected chi connectivity index (χ2v) is 18.8. The molecule has 11 aromatic carbocycles. The molecule has 11 aromatic rings. The van der Waals surface area contributed by atoms with Crippen LogP contribution in [0.25, 0.3) is 65.0 Å². The number of nitrogens with zero attached hydrogens (tertiary/aromatic N) is 2. The Hall–Kier alpha value is -7.94. The van der Waals surface area contributed by atoms with Gasteiger partial charge in [-0.2, -0.15) is 0 Å². The van der Waals surface area contributed by atoms with E-state index in [0.29, 0.717) is 0 Å². The van der Waals surface area contributed by atoms with Crippen molar-refractivity contribution in [3.63, 3.8) is 0 Å². The number of hydrogen-bond donors (Lipinski definition) is 0. The van der Waals surface area contributed by atoms with Crippen molar-refractivity contribution >= 4 is 65.4 Å². The molecule has 0 aromatic heterocycles. The molecule has 1 aliphatic carbocycles. The maximum atomic E-state index is 5.55. The predicted molar refractivity (Wildman–Crippen MR) is 283 cm³/mol. The monoisotopic (exact) mass is 856 g/mol. The van der Waals surface area contributed by atoms with Gasteiger partial charge in [-0.25, -0.2) is 4.99 Å². The summed E-state index contributed by atoms with van der Waals surface area (Å²) in [6, 6.07) is 79.4. The molecule has 0 N–H and O–H groups in total. The van der Waals surface area contributed by atoms with Gasteiger partial charge >= 0.3 is 0 Å². The van der Waals surface area contributed by atoms with Crippen molar-refractivity contribution in [3.05, 3.63) is 262 Å². The van der Waals surface area contributed by atoms with Crippen LogP contribution in [0.15, 0.2) is 222 Å². The van der Waals surface area contributed by atoms with Gasteiger partial charge in [-0.3, -0.25) is 4.99 Å². The maximum Gasteiger partial charge on any atom is 0.155 e. The Morgan fingerprint density at radius 3 is 1.63 bits per heavy atom. The summed E-state index contributed by atoms with van der Waals surface area (Å²) >= 11 is 0. The van der Waals surface area contributed by atoms with Crippen LogP contribution in [-0.4, -0.2) is 11.5 Å². The third-order valence-electron chi connectivity index (χ3n) is 14.9. The average Bonchev–Trinajstić information content (AvgIpc) is 3.66. The number of aryl methyl sites for hydroxylation is 2. The average molecular weight is 857 g/mol. The molecule has 0 saturated carbocycles. The summed E-state index contributed by atoms with van der Waals surface area (Å²) in [4.78, 5) is 11.0. The molecule has 1 unspecified atom stereocenters. The van der Waals surface area contributed by atoms with Crippen molar-refractivity contribution in [1.29, 1.82) is 0 Å². The second kappa shape index (κ2) is 15.6. The molecule has 2 heteroatoms. The quantitative estimate of drug-likeness (QED) is 0.154. The van der Waals surface area contributed by atoms with Crippen LogP contribution in [-0.2, 0) is 5.41 Å². The molecule has 0 saturated heterocycles. The van der Waals surface area contributed by atoms with Crippen LogP contribution in [0, 0.1) is 13.8 Å². The molecule has 1 aliphatic heterocycles. The number of benzene rings is 11. The van der Waals surface area contributed by atoms with Gasteiger partial charge in [0.15, 0.2) is 5.84 Å². The van der Waals surface area contributed by atoms with Gasteiger partial charge in [-0.15, -0.1) is 0 Å². The summed E-state index contributed by atoms with van der Waals surface area (Å²) in [5.74, 6) is 0.794. The van der Waals surface area contributed by atoms with E-state index in [1.54, 1.807) is 0 Å². The zero-order valence-electron chi connectivity index (χ0n) is 37.8. The normalized spacial score (nSPS) is 15.6. The molecule has 13 rings (SSSR count). The third kappa shape index (κ3) is 6.16. The second-order valence-electron chi connectivity index (χ2n) is 18.8.